The summed E-state index contributed by atoms with van der Waals surface area (Å²) in [4.78, 5) is 31.6. The van der Waals surface area contributed by atoms with Gasteiger partial charge in [0.05, 0.1) is 25.4 Å². The van der Waals surface area contributed by atoms with Crippen molar-refractivity contribution in [2.75, 3.05) is 52.5 Å². The third-order valence-corrected chi connectivity index (χ3v) is 6.12. The van der Waals surface area contributed by atoms with Crippen LogP contribution >= 0.6 is 0 Å². The summed E-state index contributed by atoms with van der Waals surface area (Å²) in [7, 11) is 0. The molecular formula is C20H29N3O4. The van der Waals surface area contributed by atoms with Crippen molar-refractivity contribution in [1.29, 1.82) is 0 Å². The minimum atomic E-state index is -0.0162. The molecule has 0 spiro atoms. The Kier molecular flexibility index (Phi) is 5.78. The molecule has 7 nitrogen and oxygen atoms in total. The van der Waals surface area contributed by atoms with Gasteiger partial charge in [-0.15, -0.1) is 0 Å². The monoisotopic (exact) mass is 375 g/mol. The Morgan fingerprint density at radius 3 is 2.44 bits per heavy atom. The minimum absolute atomic E-state index is 0.0162. The van der Waals surface area contributed by atoms with E-state index in [9.17, 15) is 9.59 Å². The van der Waals surface area contributed by atoms with Gasteiger partial charge in [0.15, 0.2) is 5.76 Å². The smallest absolute Gasteiger partial charge is 0.289 e. The molecule has 148 valence electrons. The topological polar surface area (TPSA) is 66.2 Å². The Bertz CT molecular complexity index is 634. The van der Waals surface area contributed by atoms with Crippen molar-refractivity contribution < 1.29 is 18.7 Å². The van der Waals surface area contributed by atoms with Crippen molar-refractivity contribution in [3.63, 3.8) is 0 Å². The summed E-state index contributed by atoms with van der Waals surface area (Å²) in [6.45, 7) is 6.18. The molecule has 1 atom stereocenters. The molecule has 0 N–H and O–H groups in total. The molecule has 0 saturated carbocycles. The standard InChI is InChI=1S/C20H29N3O4/c24-19(22-10-13-26-14-11-22)16-3-1-7-23(15-16)17-5-8-21(9-6-17)20(25)18-4-2-12-27-18/h2,4,12,16-17H,1,3,5-11,13-15H2/t16-/m1/s1. The number of piperidine rings is 2. The number of likely N-dealkylation sites (tertiary alicyclic amines) is 2. The van der Waals surface area contributed by atoms with E-state index in [-0.39, 0.29) is 11.8 Å². The van der Waals surface area contributed by atoms with Crippen LogP contribution in [0.4, 0.5) is 0 Å². The predicted octanol–water partition coefficient (Wildman–Crippen LogP) is 1.45. The number of ether oxygens (including phenoxy) is 1. The number of carbonyl (C=O) groups is 2. The Labute approximate surface area is 160 Å². The maximum absolute atomic E-state index is 12.8. The fraction of sp³-hybridized carbons (Fsp3) is 0.700. The molecule has 27 heavy (non-hydrogen) atoms. The van der Waals surface area contributed by atoms with E-state index in [4.69, 9.17) is 9.15 Å². The SMILES string of the molecule is O=C(c1ccco1)N1CCC(N2CCC[C@@H](C(=O)N3CCOCC3)C2)CC1. The van der Waals surface area contributed by atoms with Gasteiger partial charge in [-0.2, -0.15) is 0 Å². The van der Waals surface area contributed by atoms with E-state index in [1.165, 1.54) is 0 Å². The van der Waals surface area contributed by atoms with E-state index in [0.29, 0.717) is 30.9 Å². The molecule has 0 bridgehead atoms. The van der Waals surface area contributed by atoms with Crippen LogP contribution in [-0.2, 0) is 9.53 Å². The molecule has 0 aromatic carbocycles. The highest BCUT2D eigenvalue weighted by molar-refractivity contribution is 5.91. The van der Waals surface area contributed by atoms with Crippen LogP contribution in [0.25, 0.3) is 0 Å². The number of nitrogens with zero attached hydrogens (tertiary/aromatic N) is 3. The zero-order valence-corrected chi connectivity index (χ0v) is 15.8. The van der Waals surface area contributed by atoms with E-state index < -0.39 is 0 Å². The van der Waals surface area contributed by atoms with Crippen LogP contribution < -0.4 is 0 Å². The summed E-state index contributed by atoms with van der Waals surface area (Å²) in [5, 5.41) is 0. The number of rotatable bonds is 3. The Balaban J connectivity index is 1.29. The van der Waals surface area contributed by atoms with Gasteiger partial charge in [-0.3, -0.25) is 14.5 Å². The highest BCUT2D eigenvalue weighted by Gasteiger charge is 2.34. The predicted molar refractivity (Wildman–Crippen MR) is 99.3 cm³/mol. The Morgan fingerprint density at radius 1 is 0.963 bits per heavy atom. The zero-order valence-electron chi connectivity index (χ0n) is 15.8. The fourth-order valence-electron chi connectivity index (χ4n) is 4.57. The van der Waals surface area contributed by atoms with Crippen LogP contribution in [0.3, 0.4) is 0 Å². The first-order valence-corrected chi connectivity index (χ1v) is 10.2. The zero-order chi connectivity index (χ0) is 18.6. The second-order valence-corrected chi connectivity index (χ2v) is 7.77. The van der Waals surface area contributed by atoms with Crippen LogP contribution in [0.5, 0.6) is 0 Å². The van der Waals surface area contributed by atoms with Gasteiger partial charge in [-0.25, -0.2) is 0 Å². The molecule has 3 saturated heterocycles. The molecule has 1 aromatic rings. The molecule has 4 heterocycles. The molecule has 4 rings (SSSR count). The Morgan fingerprint density at radius 2 is 1.74 bits per heavy atom. The molecule has 2 amide bonds. The largest absolute Gasteiger partial charge is 0.459 e. The lowest BCUT2D eigenvalue weighted by Crippen LogP contribution is -2.53. The van der Waals surface area contributed by atoms with Gasteiger partial charge in [-0.1, -0.05) is 0 Å². The van der Waals surface area contributed by atoms with Crippen LogP contribution in [0.2, 0.25) is 0 Å². The van der Waals surface area contributed by atoms with Crippen molar-refractivity contribution in [2.45, 2.75) is 31.7 Å². The first-order chi connectivity index (χ1) is 13.2. The number of hydrogen-bond acceptors (Lipinski definition) is 5. The summed E-state index contributed by atoms with van der Waals surface area (Å²) < 4.78 is 10.6. The maximum Gasteiger partial charge on any atom is 0.289 e. The van der Waals surface area contributed by atoms with E-state index in [1.54, 1.807) is 18.4 Å². The third kappa shape index (κ3) is 4.19. The number of amides is 2. The second kappa shape index (κ2) is 8.44. The molecule has 0 aliphatic carbocycles. The summed E-state index contributed by atoms with van der Waals surface area (Å²) in [6.07, 6.45) is 5.53. The van der Waals surface area contributed by atoms with Gasteiger partial charge in [0.25, 0.3) is 5.91 Å². The second-order valence-electron chi connectivity index (χ2n) is 7.77. The molecule has 3 fully saturated rings. The molecule has 3 aliphatic rings. The quantitative estimate of drug-likeness (QED) is 0.800. The van der Waals surface area contributed by atoms with Crippen molar-refractivity contribution in [3.05, 3.63) is 24.2 Å². The van der Waals surface area contributed by atoms with E-state index in [2.05, 4.69) is 4.90 Å². The summed E-state index contributed by atoms with van der Waals surface area (Å²) in [5.41, 5.74) is 0. The number of furan rings is 1. The summed E-state index contributed by atoms with van der Waals surface area (Å²) in [5.74, 6) is 0.813. The first-order valence-electron chi connectivity index (χ1n) is 10.2. The van der Waals surface area contributed by atoms with Gasteiger partial charge in [0.1, 0.15) is 0 Å². The fourth-order valence-corrected chi connectivity index (χ4v) is 4.57. The Hall–Kier alpha value is -1.86. The van der Waals surface area contributed by atoms with E-state index >= 15 is 0 Å². The highest BCUT2D eigenvalue weighted by atomic mass is 16.5. The summed E-state index contributed by atoms with van der Waals surface area (Å²) >= 11 is 0. The van der Waals surface area contributed by atoms with Crippen LogP contribution in [0, 0.1) is 5.92 Å². The van der Waals surface area contributed by atoms with Gasteiger partial charge in [0.2, 0.25) is 5.91 Å². The van der Waals surface area contributed by atoms with Crippen molar-refractivity contribution in [1.82, 2.24) is 14.7 Å². The van der Waals surface area contributed by atoms with Crippen LogP contribution in [0.15, 0.2) is 22.8 Å². The molecule has 0 radical (unpaired) electrons. The van der Waals surface area contributed by atoms with Gasteiger partial charge >= 0.3 is 0 Å². The minimum Gasteiger partial charge on any atom is -0.459 e. The number of morpholine rings is 1. The van der Waals surface area contributed by atoms with Gasteiger partial charge in [-0.05, 0) is 44.4 Å². The van der Waals surface area contributed by atoms with Crippen molar-refractivity contribution >= 4 is 11.8 Å². The molecule has 7 heteroatoms. The average Bonchev–Trinajstić information content (AvgIpc) is 3.28. The molecule has 3 aliphatic heterocycles. The normalized spacial score (nSPS) is 25.6. The lowest BCUT2D eigenvalue weighted by atomic mass is 9.92. The van der Waals surface area contributed by atoms with Gasteiger partial charge < -0.3 is 19.0 Å². The number of hydrogen-bond donors (Lipinski definition) is 0. The lowest BCUT2D eigenvalue weighted by Gasteiger charge is -2.42. The van der Waals surface area contributed by atoms with E-state index in [1.807, 2.05) is 9.80 Å². The number of carbonyl (C=O) groups excluding carboxylic acids is 2. The first kappa shape index (κ1) is 18.5. The van der Waals surface area contributed by atoms with E-state index in [0.717, 1.165) is 65.0 Å². The van der Waals surface area contributed by atoms with Crippen LogP contribution in [-0.4, -0.2) is 85.0 Å². The summed E-state index contributed by atoms with van der Waals surface area (Å²) in [6, 6.07) is 3.94. The molecule has 0 unspecified atom stereocenters. The van der Waals surface area contributed by atoms with Gasteiger partial charge in [0, 0.05) is 38.8 Å². The van der Waals surface area contributed by atoms with Crippen LogP contribution in [0.1, 0.15) is 36.2 Å². The average molecular weight is 375 g/mol. The molecular weight excluding hydrogens is 346 g/mol. The van der Waals surface area contributed by atoms with Crippen molar-refractivity contribution in [3.8, 4) is 0 Å². The lowest BCUT2D eigenvalue weighted by molar-refractivity contribution is -0.141. The molecule has 1 aromatic heterocycles. The highest BCUT2D eigenvalue weighted by Crippen LogP contribution is 2.26. The van der Waals surface area contributed by atoms with Crippen molar-refractivity contribution in [2.24, 2.45) is 5.92 Å². The third-order valence-electron chi connectivity index (χ3n) is 6.12. The maximum atomic E-state index is 12.8.